The third kappa shape index (κ3) is 4.74. The van der Waals surface area contributed by atoms with Gasteiger partial charge in [0.25, 0.3) is 0 Å². The molecule has 3 aromatic heterocycles. The summed E-state index contributed by atoms with van der Waals surface area (Å²) in [6.45, 7) is 12.6. The van der Waals surface area contributed by atoms with E-state index in [0.29, 0.717) is 6.61 Å². The highest BCUT2D eigenvalue weighted by Crippen LogP contribution is 2.28. The Balaban J connectivity index is 0.00000117. The number of aromatic nitrogens is 4. The molecule has 1 aliphatic rings. The first kappa shape index (κ1) is 21.2. The monoisotopic (exact) mass is 397 g/mol. The zero-order valence-electron chi connectivity index (χ0n) is 17.9. The lowest BCUT2D eigenvalue weighted by molar-refractivity contribution is 0.122. The standard InChI is InChI=1S/C20H25N5O2.C2H6/c1-3-26-11-6-17-5-4-16(14-22-17)18-15(2)23-20-19(21-7-8-25(18)20)24-9-12-27-13-10-24;1-2/h4-5,7-8,14H,3,6,9-13H2,1-2H3;1-2H3. The van der Waals surface area contributed by atoms with Crippen molar-refractivity contribution in [2.24, 2.45) is 0 Å². The van der Waals surface area contributed by atoms with Crippen LogP contribution >= 0.6 is 0 Å². The van der Waals surface area contributed by atoms with Crippen LogP contribution in [0.15, 0.2) is 30.7 Å². The van der Waals surface area contributed by atoms with Gasteiger partial charge in [-0.3, -0.25) is 9.38 Å². The van der Waals surface area contributed by atoms with Crippen molar-refractivity contribution < 1.29 is 9.47 Å². The number of imidazole rings is 1. The smallest absolute Gasteiger partial charge is 0.181 e. The first-order chi connectivity index (χ1) is 14.3. The molecule has 0 aliphatic carbocycles. The Bertz CT molecular complexity index is 901. The second-order valence-corrected chi connectivity index (χ2v) is 6.57. The van der Waals surface area contributed by atoms with Gasteiger partial charge in [0.05, 0.1) is 31.2 Å². The van der Waals surface area contributed by atoms with Gasteiger partial charge in [-0.25, -0.2) is 9.97 Å². The van der Waals surface area contributed by atoms with Crippen LogP contribution in [0.3, 0.4) is 0 Å². The van der Waals surface area contributed by atoms with Gasteiger partial charge in [-0.1, -0.05) is 13.8 Å². The molecule has 156 valence electrons. The van der Waals surface area contributed by atoms with Crippen LogP contribution in [0.2, 0.25) is 0 Å². The maximum atomic E-state index is 5.46. The molecule has 7 heteroatoms. The lowest BCUT2D eigenvalue weighted by Crippen LogP contribution is -2.37. The number of hydrogen-bond donors (Lipinski definition) is 0. The molecule has 0 bridgehead atoms. The van der Waals surface area contributed by atoms with Gasteiger partial charge < -0.3 is 14.4 Å². The average Bonchev–Trinajstić information content (AvgIpc) is 3.12. The van der Waals surface area contributed by atoms with Gasteiger partial charge in [0, 0.05) is 56.0 Å². The quantitative estimate of drug-likeness (QED) is 0.593. The van der Waals surface area contributed by atoms with Crippen LogP contribution in [-0.2, 0) is 15.9 Å². The summed E-state index contributed by atoms with van der Waals surface area (Å²) in [6.07, 6.45) is 6.56. The second-order valence-electron chi connectivity index (χ2n) is 6.57. The topological polar surface area (TPSA) is 64.8 Å². The van der Waals surface area contributed by atoms with Crippen molar-refractivity contribution in [2.75, 3.05) is 44.4 Å². The molecule has 4 heterocycles. The van der Waals surface area contributed by atoms with Gasteiger partial charge in [0.2, 0.25) is 0 Å². The van der Waals surface area contributed by atoms with E-state index >= 15 is 0 Å². The molecule has 0 spiro atoms. The summed E-state index contributed by atoms with van der Waals surface area (Å²) in [7, 11) is 0. The largest absolute Gasteiger partial charge is 0.381 e. The Labute approximate surface area is 172 Å². The highest BCUT2D eigenvalue weighted by Gasteiger charge is 2.20. The summed E-state index contributed by atoms with van der Waals surface area (Å²) >= 11 is 0. The normalized spacial score (nSPS) is 14.0. The number of pyridine rings is 1. The van der Waals surface area contributed by atoms with Gasteiger partial charge in [0.15, 0.2) is 11.5 Å². The van der Waals surface area contributed by atoms with E-state index < -0.39 is 0 Å². The first-order valence-corrected chi connectivity index (χ1v) is 10.5. The highest BCUT2D eigenvalue weighted by atomic mass is 16.5. The van der Waals surface area contributed by atoms with Crippen LogP contribution in [0, 0.1) is 6.92 Å². The number of nitrogens with zero attached hydrogens (tertiary/aromatic N) is 5. The maximum Gasteiger partial charge on any atom is 0.181 e. The van der Waals surface area contributed by atoms with E-state index in [2.05, 4.69) is 31.4 Å². The number of anilines is 1. The summed E-state index contributed by atoms with van der Waals surface area (Å²) in [4.78, 5) is 16.3. The van der Waals surface area contributed by atoms with E-state index in [0.717, 1.165) is 73.4 Å². The number of fused-ring (bicyclic) bond motifs is 1. The van der Waals surface area contributed by atoms with Crippen molar-refractivity contribution in [3.05, 3.63) is 42.1 Å². The van der Waals surface area contributed by atoms with Crippen molar-refractivity contribution in [3.63, 3.8) is 0 Å². The van der Waals surface area contributed by atoms with Gasteiger partial charge in [-0.05, 0) is 26.0 Å². The second kappa shape index (κ2) is 10.3. The molecule has 0 aromatic carbocycles. The van der Waals surface area contributed by atoms with E-state index in [4.69, 9.17) is 14.5 Å². The summed E-state index contributed by atoms with van der Waals surface area (Å²) in [5, 5.41) is 0. The van der Waals surface area contributed by atoms with Crippen molar-refractivity contribution in [1.29, 1.82) is 0 Å². The predicted octanol–water partition coefficient (Wildman–Crippen LogP) is 3.54. The molecular weight excluding hydrogens is 366 g/mol. The summed E-state index contributed by atoms with van der Waals surface area (Å²) < 4.78 is 13.0. The molecule has 0 amide bonds. The zero-order chi connectivity index (χ0) is 20.6. The van der Waals surface area contributed by atoms with Gasteiger partial charge in [0.1, 0.15) is 0 Å². The van der Waals surface area contributed by atoms with Crippen molar-refractivity contribution in [2.45, 2.75) is 34.1 Å². The Hall–Kier alpha value is -2.51. The van der Waals surface area contributed by atoms with Crippen LogP contribution in [0.1, 0.15) is 32.2 Å². The molecule has 7 nitrogen and oxygen atoms in total. The Kier molecular flexibility index (Phi) is 7.55. The van der Waals surface area contributed by atoms with Crippen LogP contribution in [0.5, 0.6) is 0 Å². The third-order valence-corrected chi connectivity index (χ3v) is 4.81. The number of aryl methyl sites for hydroxylation is 1. The third-order valence-electron chi connectivity index (χ3n) is 4.81. The van der Waals surface area contributed by atoms with Crippen LogP contribution in [0.25, 0.3) is 16.9 Å². The van der Waals surface area contributed by atoms with E-state index in [1.54, 1.807) is 0 Å². The van der Waals surface area contributed by atoms with Crippen molar-refractivity contribution >= 4 is 11.5 Å². The van der Waals surface area contributed by atoms with E-state index in [1.165, 1.54) is 0 Å². The van der Waals surface area contributed by atoms with Gasteiger partial charge >= 0.3 is 0 Å². The minimum Gasteiger partial charge on any atom is -0.381 e. The molecule has 4 rings (SSSR count). The molecule has 1 fully saturated rings. The molecule has 1 aliphatic heterocycles. The van der Waals surface area contributed by atoms with Crippen LogP contribution in [-0.4, -0.2) is 58.9 Å². The lowest BCUT2D eigenvalue weighted by atomic mass is 10.1. The molecule has 29 heavy (non-hydrogen) atoms. The Morgan fingerprint density at radius 3 is 2.62 bits per heavy atom. The molecular formula is C22H31N5O2. The van der Waals surface area contributed by atoms with Crippen LogP contribution in [0.4, 0.5) is 5.82 Å². The highest BCUT2D eigenvalue weighted by molar-refractivity contribution is 5.73. The van der Waals surface area contributed by atoms with Crippen molar-refractivity contribution in [1.82, 2.24) is 19.4 Å². The fraction of sp³-hybridized carbons (Fsp3) is 0.500. The minimum absolute atomic E-state index is 0.700. The Morgan fingerprint density at radius 2 is 1.93 bits per heavy atom. The van der Waals surface area contributed by atoms with Gasteiger partial charge in [-0.2, -0.15) is 0 Å². The maximum absolute atomic E-state index is 5.46. The summed E-state index contributed by atoms with van der Waals surface area (Å²) in [5.41, 5.74) is 5.01. The molecule has 0 saturated carbocycles. The minimum atomic E-state index is 0.700. The van der Waals surface area contributed by atoms with E-state index in [-0.39, 0.29) is 0 Å². The number of rotatable bonds is 6. The molecule has 0 atom stereocenters. The lowest BCUT2D eigenvalue weighted by Gasteiger charge is -2.27. The fourth-order valence-electron chi connectivity index (χ4n) is 3.46. The molecule has 0 radical (unpaired) electrons. The molecule has 3 aromatic rings. The van der Waals surface area contributed by atoms with Gasteiger partial charge in [-0.15, -0.1) is 0 Å². The summed E-state index contributed by atoms with van der Waals surface area (Å²) in [5.74, 6) is 0.913. The summed E-state index contributed by atoms with van der Waals surface area (Å²) in [6, 6.07) is 4.18. The number of hydrogen-bond acceptors (Lipinski definition) is 6. The Morgan fingerprint density at radius 1 is 1.14 bits per heavy atom. The van der Waals surface area contributed by atoms with Crippen molar-refractivity contribution in [3.8, 4) is 11.3 Å². The predicted molar refractivity (Wildman–Crippen MR) is 116 cm³/mol. The molecule has 0 N–H and O–H groups in total. The molecule has 1 saturated heterocycles. The zero-order valence-corrected chi connectivity index (χ0v) is 17.9. The first-order valence-electron chi connectivity index (χ1n) is 10.5. The number of morpholine rings is 1. The molecule has 0 unspecified atom stereocenters. The number of ether oxygens (including phenoxy) is 2. The fourth-order valence-corrected chi connectivity index (χ4v) is 3.46. The van der Waals surface area contributed by atoms with Crippen LogP contribution < -0.4 is 4.90 Å². The van der Waals surface area contributed by atoms with E-state index in [1.807, 2.05) is 46.3 Å². The average molecular weight is 398 g/mol. The SMILES string of the molecule is CC.CCOCCc1ccc(-c2c(C)nc3c(N4CCOCC4)nccn23)cn1. The van der Waals surface area contributed by atoms with E-state index in [9.17, 15) is 0 Å².